The van der Waals surface area contributed by atoms with Crippen LogP contribution in [0.4, 0.5) is 10.1 Å². The Labute approximate surface area is 159 Å². The molecule has 3 aromatic rings. The standard InChI is InChI=1S/C19H18FN5OS/c1-19(8-9-27-18(21)23-19)13-10-11(6-7-14(13)20)22-17(26)16-12-4-2-3-5-15(12)24-25-16/h2-7,10H,8-9H2,1H3,(H2,21,23)(H,22,26)(H,24,25). The largest absolute Gasteiger partial charge is 0.379 e. The van der Waals surface area contributed by atoms with Crippen LogP contribution < -0.4 is 11.1 Å². The van der Waals surface area contributed by atoms with Crippen LogP contribution in [0.25, 0.3) is 10.9 Å². The number of nitrogens with two attached hydrogens (primary N) is 1. The van der Waals surface area contributed by atoms with E-state index >= 15 is 0 Å². The van der Waals surface area contributed by atoms with Gasteiger partial charge in [-0.2, -0.15) is 5.10 Å². The molecule has 138 valence electrons. The first-order chi connectivity index (χ1) is 13.0. The third kappa shape index (κ3) is 3.28. The highest BCUT2D eigenvalue weighted by atomic mass is 32.2. The summed E-state index contributed by atoms with van der Waals surface area (Å²) in [6, 6.07) is 11.9. The molecule has 0 bridgehead atoms. The SMILES string of the molecule is CC1(c2cc(NC(=O)c3n[nH]c4ccccc34)ccc2F)CCSC(N)=N1. The number of nitrogens with one attached hydrogen (secondary N) is 2. The van der Waals surface area contributed by atoms with Gasteiger partial charge in [0.2, 0.25) is 0 Å². The zero-order valence-corrected chi connectivity index (χ0v) is 15.4. The zero-order valence-electron chi connectivity index (χ0n) is 14.6. The number of fused-ring (bicyclic) bond motifs is 1. The molecule has 0 aliphatic carbocycles. The number of nitrogens with zero attached hydrogens (tertiary/aromatic N) is 2. The quantitative estimate of drug-likeness (QED) is 0.644. The molecule has 1 atom stereocenters. The number of carbonyl (C=O) groups is 1. The summed E-state index contributed by atoms with van der Waals surface area (Å²) >= 11 is 1.46. The van der Waals surface area contributed by atoms with Crippen molar-refractivity contribution >= 4 is 39.4 Å². The van der Waals surface area contributed by atoms with Crippen LogP contribution in [0.3, 0.4) is 0 Å². The fourth-order valence-corrected chi connectivity index (χ4v) is 4.20. The number of para-hydroxylation sites is 1. The summed E-state index contributed by atoms with van der Waals surface area (Å²) in [5.41, 5.74) is 7.06. The average Bonchev–Trinajstić information content (AvgIpc) is 3.07. The number of hydrogen-bond donors (Lipinski definition) is 3. The summed E-state index contributed by atoms with van der Waals surface area (Å²) in [6.45, 7) is 1.85. The van der Waals surface area contributed by atoms with Crippen LogP contribution in [0.2, 0.25) is 0 Å². The molecule has 4 rings (SSSR count). The Kier molecular flexibility index (Phi) is 4.35. The van der Waals surface area contributed by atoms with Crippen LogP contribution in [0.1, 0.15) is 29.4 Å². The van der Waals surface area contributed by atoms with Gasteiger partial charge in [-0.1, -0.05) is 30.0 Å². The second kappa shape index (κ2) is 6.70. The zero-order chi connectivity index (χ0) is 19.0. The summed E-state index contributed by atoms with van der Waals surface area (Å²) in [7, 11) is 0. The van der Waals surface area contributed by atoms with Crippen LogP contribution >= 0.6 is 11.8 Å². The van der Waals surface area contributed by atoms with Gasteiger partial charge in [-0.05, 0) is 37.6 Å². The maximum atomic E-state index is 14.5. The van der Waals surface area contributed by atoms with E-state index in [1.807, 2.05) is 31.2 Å². The van der Waals surface area contributed by atoms with Gasteiger partial charge in [0.1, 0.15) is 5.82 Å². The van der Waals surface area contributed by atoms with Gasteiger partial charge < -0.3 is 11.1 Å². The molecule has 2 heterocycles. The van der Waals surface area contributed by atoms with E-state index in [-0.39, 0.29) is 11.7 Å². The van der Waals surface area contributed by atoms with Crippen LogP contribution in [0, 0.1) is 5.82 Å². The first-order valence-electron chi connectivity index (χ1n) is 8.49. The molecule has 4 N–H and O–H groups in total. The van der Waals surface area contributed by atoms with E-state index < -0.39 is 5.54 Å². The number of aromatic amines is 1. The van der Waals surface area contributed by atoms with Crippen LogP contribution in [0.15, 0.2) is 47.5 Å². The number of thioether (sulfide) groups is 1. The maximum Gasteiger partial charge on any atom is 0.276 e. The van der Waals surface area contributed by atoms with E-state index in [4.69, 9.17) is 5.73 Å². The Morgan fingerprint density at radius 1 is 1.33 bits per heavy atom. The molecule has 1 unspecified atom stereocenters. The second-order valence-corrected chi connectivity index (χ2v) is 7.70. The van der Waals surface area contributed by atoms with Gasteiger partial charge in [0.15, 0.2) is 10.9 Å². The molecular formula is C19H18FN5OS. The fraction of sp³-hybridized carbons (Fsp3) is 0.211. The van der Waals surface area contributed by atoms with Crippen LogP contribution in [0.5, 0.6) is 0 Å². The highest BCUT2D eigenvalue weighted by molar-refractivity contribution is 8.13. The Morgan fingerprint density at radius 2 is 2.15 bits per heavy atom. The molecular weight excluding hydrogens is 365 g/mol. The van der Waals surface area contributed by atoms with Crippen molar-refractivity contribution in [2.75, 3.05) is 11.1 Å². The van der Waals surface area contributed by atoms with E-state index in [0.717, 1.165) is 16.7 Å². The number of aromatic nitrogens is 2. The highest BCUT2D eigenvalue weighted by Gasteiger charge is 2.32. The van der Waals surface area contributed by atoms with Gasteiger partial charge in [-0.25, -0.2) is 4.39 Å². The molecule has 0 radical (unpaired) electrons. The lowest BCUT2D eigenvalue weighted by atomic mass is 9.89. The smallest absolute Gasteiger partial charge is 0.276 e. The van der Waals surface area contributed by atoms with Gasteiger partial charge >= 0.3 is 0 Å². The van der Waals surface area contributed by atoms with Crippen molar-refractivity contribution in [3.8, 4) is 0 Å². The summed E-state index contributed by atoms with van der Waals surface area (Å²) in [6.07, 6.45) is 0.663. The third-order valence-electron chi connectivity index (χ3n) is 4.69. The van der Waals surface area contributed by atoms with Gasteiger partial charge in [0, 0.05) is 22.4 Å². The van der Waals surface area contributed by atoms with Crippen molar-refractivity contribution in [2.45, 2.75) is 18.9 Å². The predicted molar refractivity (Wildman–Crippen MR) is 106 cm³/mol. The molecule has 8 heteroatoms. The van der Waals surface area contributed by atoms with Crippen LogP contribution in [-0.2, 0) is 5.54 Å². The van der Waals surface area contributed by atoms with Crippen LogP contribution in [-0.4, -0.2) is 27.0 Å². The predicted octanol–water partition coefficient (Wildman–Crippen LogP) is 3.62. The van der Waals surface area contributed by atoms with E-state index in [9.17, 15) is 9.18 Å². The van der Waals surface area contributed by atoms with E-state index in [0.29, 0.717) is 28.5 Å². The number of amides is 1. The minimum absolute atomic E-state index is 0.291. The molecule has 2 aromatic carbocycles. The lowest BCUT2D eigenvalue weighted by Crippen LogP contribution is -2.29. The van der Waals surface area contributed by atoms with Gasteiger partial charge in [-0.15, -0.1) is 0 Å². The number of hydrogen-bond acceptors (Lipinski definition) is 5. The van der Waals surface area contributed by atoms with Gasteiger partial charge in [0.05, 0.1) is 11.1 Å². The molecule has 1 aliphatic rings. The van der Waals surface area contributed by atoms with Gasteiger partial charge in [-0.3, -0.25) is 14.9 Å². The molecule has 0 fully saturated rings. The normalized spacial score (nSPS) is 19.7. The van der Waals surface area contributed by atoms with E-state index in [1.54, 1.807) is 6.07 Å². The molecule has 1 amide bonds. The maximum absolute atomic E-state index is 14.5. The minimum atomic E-state index is -0.751. The monoisotopic (exact) mass is 383 g/mol. The molecule has 0 spiro atoms. The Morgan fingerprint density at radius 3 is 2.96 bits per heavy atom. The summed E-state index contributed by atoms with van der Waals surface area (Å²) in [4.78, 5) is 17.1. The average molecular weight is 383 g/mol. The fourth-order valence-electron chi connectivity index (χ4n) is 3.22. The number of carbonyl (C=O) groups excluding carboxylic acids is 1. The Balaban J connectivity index is 1.65. The number of halogens is 1. The number of amidine groups is 1. The lowest BCUT2D eigenvalue weighted by Gasteiger charge is -2.30. The van der Waals surface area contributed by atoms with Crippen molar-refractivity contribution in [1.29, 1.82) is 0 Å². The summed E-state index contributed by atoms with van der Waals surface area (Å²) < 4.78 is 14.5. The second-order valence-electron chi connectivity index (χ2n) is 6.59. The highest BCUT2D eigenvalue weighted by Crippen LogP contribution is 2.37. The third-order valence-corrected chi connectivity index (χ3v) is 5.48. The van der Waals surface area contributed by atoms with E-state index in [2.05, 4.69) is 20.5 Å². The van der Waals surface area contributed by atoms with Crippen molar-refractivity contribution in [1.82, 2.24) is 10.2 Å². The molecule has 6 nitrogen and oxygen atoms in total. The lowest BCUT2D eigenvalue weighted by molar-refractivity contribution is 0.102. The number of rotatable bonds is 3. The van der Waals surface area contributed by atoms with Gasteiger partial charge in [0.25, 0.3) is 5.91 Å². The number of anilines is 1. The Bertz CT molecular complexity index is 1060. The summed E-state index contributed by atoms with van der Waals surface area (Å²) in [5, 5.41) is 10.9. The van der Waals surface area contributed by atoms with Crippen molar-refractivity contribution < 1.29 is 9.18 Å². The number of benzene rings is 2. The minimum Gasteiger partial charge on any atom is -0.379 e. The number of H-pyrrole nitrogens is 1. The topological polar surface area (TPSA) is 96.2 Å². The van der Waals surface area contributed by atoms with Crippen molar-refractivity contribution in [3.63, 3.8) is 0 Å². The first kappa shape index (κ1) is 17.5. The molecule has 1 aliphatic heterocycles. The molecule has 0 saturated heterocycles. The van der Waals surface area contributed by atoms with Crippen molar-refractivity contribution in [3.05, 3.63) is 59.5 Å². The number of aliphatic imine (C=N–C) groups is 1. The van der Waals surface area contributed by atoms with Crippen molar-refractivity contribution in [2.24, 2.45) is 10.7 Å². The molecule has 1 aromatic heterocycles. The Hall–Kier alpha value is -2.87. The molecule has 0 saturated carbocycles. The molecule has 27 heavy (non-hydrogen) atoms. The summed E-state index contributed by atoms with van der Waals surface area (Å²) in [5.74, 6) is 0.0303. The first-order valence-corrected chi connectivity index (χ1v) is 9.47. The van der Waals surface area contributed by atoms with E-state index in [1.165, 1.54) is 23.9 Å².